The van der Waals surface area contributed by atoms with Gasteiger partial charge in [-0.25, -0.2) is 14.4 Å². The predicted octanol–water partition coefficient (Wildman–Crippen LogP) is 3.74. The van der Waals surface area contributed by atoms with Gasteiger partial charge in [0, 0.05) is 41.5 Å². The monoisotopic (exact) mass is 494 g/mol. The van der Waals surface area contributed by atoms with Crippen LogP contribution >= 0.6 is 11.6 Å². The van der Waals surface area contributed by atoms with Crippen molar-refractivity contribution in [3.63, 3.8) is 0 Å². The zero-order valence-corrected chi connectivity index (χ0v) is 20.0. The van der Waals surface area contributed by atoms with E-state index >= 15 is 4.39 Å². The van der Waals surface area contributed by atoms with Crippen LogP contribution in [0.1, 0.15) is 35.8 Å². The Morgan fingerprint density at radius 1 is 1.17 bits per heavy atom. The Morgan fingerprint density at radius 3 is 2.83 bits per heavy atom. The molecule has 3 aromatic heterocycles. The summed E-state index contributed by atoms with van der Waals surface area (Å²) in [7, 11) is 1.86. The maximum Gasteiger partial charge on any atom is 0.261 e. The van der Waals surface area contributed by atoms with Gasteiger partial charge in [0.25, 0.3) is 5.56 Å². The lowest BCUT2D eigenvalue weighted by molar-refractivity contribution is 0.0394. The van der Waals surface area contributed by atoms with E-state index in [4.69, 9.17) is 26.3 Å². The molecule has 0 N–H and O–H groups in total. The molecule has 10 heteroatoms. The highest BCUT2D eigenvalue weighted by atomic mass is 35.5. The fraction of sp³-hybridized carbons (Fsp3) is 0.360. The Labute approximate surface area is 205 Å². The van der Waals surface area contributed by atoms with Crippen molar-refractivity contribution in [2.24, 2.45) is 7.05 Å². The number of aromatic nitrogens is 5. The zero-order chi connectivity index (χ0) is 24.1. The lowest BCUT2D eigenvalue weighted by Crippen LogP contribution is -2.39. The Kier molecular flexibility index (Phi) is 5.53. The molecule has 8 nitrogen and oxygen atoms in total. The van der Waals surface area contributed by atoms with E-state index in [1.54, 1.807) is 29.2 Å². The first-order chi connectivity index (χ1) is 17.0. The van der Waals surface area contributed by atoms with Crippen molar-refractivity contribution >= 4 is 23.1 Å². The number of rotatable bonds is 3. The number of nitrogens with zero attached hydrogens (tertiary/aromatic N) is 6. The third-order valence-corrected chi connectivity index (χ3v) is 6.98. The number of fused-ring (bicyclic) bond motifs is 2. The number of hydrogen-bond acceptors (Lipinski definition) is 6. The summed E-state index contributed by atoms with van der Waals surface area (Å²) in [5.41, 5.74) is 3.33. The first kappa shape index (κ1) is 22.2. The van der Waals surface area contributed by atoms with Crippen molar-refractivity contribution in [3.8, 4) is 11.3 Å². The van der Waals surface area contributed by atoms with Crippen LogP contribution in [0.2, 0.25) is 5.02 Å². The van der Waals surface area contributed by atoms with Crippen molar-refractivity contribution in [1.29, 1.82) is 0 Å². The number of morpholine rings is 1. The van der Waals surface area contributed by atoms with E-state index in [2.05, 4.69) is 10.00 Å². The van der Waals surface area contributed by atoms with Crippen LogP contribution in [-0.4, -0.2) is 43.8 Å². The molecule has 0 saturated carbocycles. The summed E-state index contributed by atoms with van der Waals surface area (Å²) in [5, 5.41) is 4.54. The van der Waals surface area contributed by atoms with Crippen molar-refractivity contribution in [2.75, 3.05) is 24.6 Å². The lowest BCUT2D eigenvalue weighted by atomic mass is 9.97. The normalized spacial score (nSPS) is 18.1. The molecule has 1 atom stereocenters. The third-order valence-electron chi connectivity index (χ3n) is 6.74. The van der Waals surface area contributed by atoms with Gasteiger partial charge in [-0.2, -0.15) is 5.10 Å². The molecule has 0 bridgehead atoms. The summed E-state index contributed by atoms with van der Waals surface area (Å²) < 4.78 is 24.3. The van der Waals surface area contributed by atoms with Gasteiger partial charge in [-0.05, 0) is 43.9 Å². The first-order valence-electron chi connectivity index (χ1n) is 11.7. The molecule has 2 aliphatic rings. The molecular formula is C25H24ClFN6O2. The molecule has 4 heterocycles. The summed E-state index contributed by atoms with van der Waals surface area (Å²) >= 11 is 6.01. The molecule has 35 heavy (non-hydrogen) atoms. The van der Waals surface area contributed by atoms with Crippen LogP contribution in [-0.2, 0) is 24.6 Å². The number of ether oxygens (including phenoxy) is 1. The number of halogens is 2. The number of aryl methyl sites for hydroxylation is 2. The third kappa shape index (κ3) is 3.98. The molecule has 0 amide bonds. The van der Waals surface area contributed by atoms with E-state index in [0.29, 0.717) is 48.3 Å². The van der Waals surface area contributed by atoms with Crippen LogP contribution in [0.15, 0.2) is 41.6 Å². The van der Waals surface area contributed by atoms with Crippen LogP contribution < -0.4 is 10.5 Å². The standard InChI is InChI=1S/C25H24ClFN6O2/c1-31-12-15(11-28-31)21-13-32(8-9-35-21)22-14-33-24(29-20-5-3-2-4-18(20)25(33)34)23(30-22)17-7-6-16(26)10-19(17)27/h6-7,10-12,14,21H,2-5,8-9,13H2,1H3/t21-/m1/s1. The van der Waals surface area contributed by atoms with Gasteiger partial charge >= 0.3 is 0 Å². The lowest BCUT2D eigenvalue weighted by Gasteiger charge is -2.33. The molecular weight excluding hydrogens is 471 g/mol. The summed E-state index contributed by atoms with van der Waals surface area (Å²) in [5.74, 6) is 0.0601. The van der Waals surface area contributed by atoms with E-state index < -0.39 is 5.82 Å². The topological polar surface area (TPSA) is 77.5 Å². The highest BCUT2D eigenvalue weighted by Gasteiger charge is 2.27. The Morgan fingerprint density at radius 2 is 2.03 bits per heavy atom. The molecule has 4 aromatic rings. The van der Waals surface area contributed by atoms with Crippen molar-refractivity contribution in [2.45, 2.75) is 31.8 Å². The Balaban J connectivity index is 1.52. The zero-order valence-electron chi connectivity index (χ0n) is 19.2. The summed E-state index contributed by atoms with van der Waals surface area (Å²) in [4.78, 5) is 25.3. The van der Waals surface area contributed by atoms with E-state index in [9.17, 15) is 4.79 Å². The average molecular weight is 495 g/mol. The Hall–Kier alpha value is -3.30. The molecule has 1 aliphatic carbocycles. The van der Waals surface area contributed by atoms with Gasteiger partial charge in [0.1, 0.15) is 23.4 Å². The first-order valence-corrected chi connectivity index (χ1v) is 12.1. The minimum atomic E-state index is -0.508. The molecule has 6 rings (SSSR count). The van der Waals surface area contributed by atoms with E-state index in [0.717, 1.165) is 36.1 Å². The molecule has 0 unspecified atom stereocenters. The van der Waals surface area contributed by atoms with Crippen molar-refractivity contribution in [3.05, 3.63) is 74.8 Å². The van der Waals surface area contributed by atoms with Crippen LogP contribution in [0.3, 0.4) is 0 Å². The van der Waals surface area contributed by atoms with Crippen LogP contribution in [0.25, 0.3) is 16.9 Å². The SMILES string of the molecule is Cn1cc([C@H]2CN(c3cn4c(=O)c5c(nc4c(-c4ccc(Cl)cc4F)n3)CCCC5)CCO2)cn1. The molecule has 1 aliphatic heterocycles. The van der Waals surface area contributed by atoms with Crippen LogP contribution in [0.4, 0.5) is 10.2 Å². The fourth-order valence-electron chi connectivity index (χ4n) is 4.94. The fourth-order valence-corrected chi connectivity index (χ4v) is 5.10. The second-order valence-corrected chi connectivity index (χ2v) is 9.50. The highest BCUT2D eigenvalue weighted by Crippen LogP contribution is 2.31. The molecule has 1 saturated heterocycles. The van der Waals surface area contributed by atoms with Crippen molar-refractivity contribution < 1.29 is 9.13 Å². The van der Waals surface area contributed by atoms with E-state index in [1.165, 1.54) is 10.5 Å². The number of hydrogen-bond donors (Lipinski definition) is 0. The minimum Gasteiger partial charge on any atom is -0.370 e. The van der Waals surface area contributed by atoms with E-state index in [-0.39, 0.29) is 17.2 Å². The van der Waals surface area contributed by atoms with Crippen molar-refractivity contribution in [1.82, 2.24) is 24.1 Å². The average Bonchev–Trinajstić information content (AvgIpc) is 3.30. The smallest absolute Gasteiger partial charge is 0.261 e. The van der Waals surface area contributed by atoms with Gasteiger partial charge in [0.15, 0.2) is 5.65 Å². The predicted molar refractivity (Wildman–Crippen MR) is 130 cm³/mol. The number of benzene rings is 1. The summed E-state index contributed by atoms with van der Waals surface area (Å²) in [6.45, 7) is 1.60. The summed E-state index contributed by atoms with van der Waals surface area (Å²) in [6, 6.07) is 4.47. The molecule has 0 spiro atoms. The Bertz CT molecular complexity index is 1500. The quantitative estimate of drug-likeness (QED) is 0.432. The van der Waals surface area contributed by atoms with Crippen LogP contribution in [0.5, 0.6) is 0 Å². The van der Waals surface area contributed by atoms with E-state index in [1.807, 2.05) is 13.2 Å². The molecule has 0 radical (unpaired) electrons. The van der Waals surface area contributed by atoms with Gasteiger partial charge in [-0.3, -0.25) is 13.9 Å². The summed E-state index contributed by atoms with van der Waals surface area (Å²) in [6.07, 6.45) is 8.63. The largest absolute Gasteiger partial charge is 0.370 e. The minimum absolute atomic E-state index is 0.110. The van der Waals surface area contributed by atoms with Gasteiger partial charge < -0.3 is 9.64 Å². The maximum atomic E-state index is 15.1. The highest BCUT2D eigenvalue weighted by molar-refractivity contribution is 6.30. The van der Waals surface area contributed by atoms with Gasteiger partial charge in [0.05, 0.1) is 31.2 Å². The second kappa shape index (κ2) is 8.73. The van der Waals surface area contributed by atoms with Gasteiger partial charge in [-0.1, -0.05) is 11.6 Å². The molecule has 1 aromatic carbocycles. The maximum absolute atomic E-state index is 15.1. The second-order valence-electron chi connectivity index (χ2n) is 9.07. The van der Waals surface area contributed by atoms with Gasteiger partial charge in [-0.15, -0.1) is 0 Å². The molecule has 180 valence electrons. The molecule has 1 fully saturated rings. The van der Waals surface area contributed by atoms with Gasteiger partial charge in [0.2, 0.25) is 0 Å². The van der Waals surface area contributed by atoms with Crippen LogP contribution in [0, 0.1) is 5.82 Å². The number of anilines is 1.